The van der Waals surface area contributed by atoms with Gasteiger partial charge in [0.2, 0.25) is 0 Å². The van der Waals surface area contributed by atoms with Crippen LogP contribution in [-0.2, 0) is 0 Å². The quantitative estimate of drug-likeness (QED) is 0.582. The molecule has 0 saturated heterocycles. The average molecular weight is 284 g/mol. The second kappa shape index (κ2) is 6.60. The van der Waals surface area contributed by atoms with Gasteiger partial charge in [-0.05, 0) is 50.2 Å². The van der Waals surface area contributed by atoms with Crippen LogP contribution in [0.5, 0.6) is 0 Å². The van der Waals surface area contributed by atoms with Crippen LogP contribution >= 0.6 is 0 Å². The first kappa shape index (κ1) is 14.6. The third-order valence-electron chi connectivity index (χ3n) is 3.02. The van der Waals surface area contributed by atoms with Crippen LogP contribution in [0.1, 0.15) is 13.8 Å². The first-order valence-corrected chi connectivity index (χ1v) is 6.58. The minimum Gasteiger partial charge on any atom is -0.227 e. The van der Waals surface area contributed by atoms with Gasteiger partial charge in [0.05, 0.1) is 33.7 Å². The van der Waals surface area contributed by atoms with E-state index in [1.807, 2.05) is 32.0 Å². The summed E-state index contributed by atoms with van der Waals surface area (Å²) in [7, 11) is 0. The first-order valence-electron chi connectivity index (χ1n) is 6.58. The fourth-order valence-corrected chi connectivity index (χ4v) is 2.00. The number of hydrogen-bond acceptors (Lipinski definition) is 4. The molecule has 0 aliphatic carbocycles. The van der Waals surface area contributed by atoms with E-state index in [9.17, 15) is 9.81 Å². The van der Waals surface area contributed by atoms with Gasteiger partial charge in [-0.15, -0.1) is 9.81 Å². The summed E-state index contributed by atoms with van der Waals surface area (Å²) in [4.78, 5) is 21.9. The number of anilines is 3. The molecule has 0 saturated carbocycles. The minimum atomic E-state index is -0.0391. The molecule has 0 fully saturated rings. The summed E-state index contributed by atoms with van der Waals surface area (Å²) in [5.41, 5.74) is 1.96. The van der Waals surface area contributed by atoms with Crippen LogP contribution in [0, 0.1) is 9.81 Å². The lowest BCUT2D eigenvalue weighted by molar-refractivity contribution is 0.709. The highest BCUT2D eigenvalue weighted by atomic mass is 16.3. The van der Waals surface area contributed by atoms with Gasteiger partial charge >= 0.3 is 0 Å². The molecule has 0 amide bonds. The lowest BCUT2D eigenvalue weighted by atomic mass is 10.2. The zero-order valence-electron chi connectivity index (χ0n) is 11.9. The summed E-state index contributed by atoms with van der Waals surface area (Å²) in [6, 6.07) is 16.0. The van der Waals surface area contributed by atoms with E-state index < -0.39 is 0 Å². The summed E-state index contributed by atoms with van der Waals surface area (Å²) in [6.07, 6.45) is 0. The Hall–Kier alpha value is -2.76. The third kappa shape index (κ3) is 3.22. The molecule has 0 N–H and O–H groups in total. The van der Waals surface area contributed by atoms with Gasteiger partial charge in [-0.25, -0.2) is 5.01 Å². The molecule has 0 spiro atoms. The van der Waals surface area contributed by atoms with E-state index in [0.717, 1.165) is 0 Å². The lowest BCUT2D eigenvalue weighted by Gasteiger charge is -2.20. The number of hydrogen-bond donors (Lipinski definition) is 0. The van der Waals surface area contributed by atoms with Crippen molar-refractivity contribution in [3.8, 4) is 0 Å². The second-order valence-corrected chi connectivity index (χ2v) is 4.77. The molecule has 0 bridgehead atoms. The van der Waals surface area contributed by atoms with Gasteiger partial charge in [0.1, 0.15) is 0 Å². The van der Waals surface area contributed by atoms with E-state index in [4.69, 9.17) is 0 Å². The molecular weight excluding hydrogens is 268 g/mol. The van der Waals surface area contributed by atoms with Crippen molar-refractivity contribution >= 4 is 17.1 Å². The fourth-order valence-electron chi connectivity index (χ4n) is 2.00. The number of rotatable bonds is 6. The number of para-hydroxylation sites is 1. The van der Waals surface area contributed by atoms with E-state index in [0.29, 0.717) is 17.1 Å². The van der Waals surface area contributed by atoms with Crippen LogP contribution in [0.15, 0.2) is 65.2 Å². The summed E-state index contributed by atoms with van der Waals surface area (Å²) in [5.74, 6) is 0. The topological polar surface area (TPSA) is 65.3 Å². The molecule has 6 nitrogen and oxygen atoms in total. The van der Waals surface area contributed by atoms with Crippen molar-refractivity contribution in [2.75, 3.05) is 10.0 Å². The van der Waals surface area contributed by atoms with Crippen molar-refractivity contribution in [2.45, 2.75) is 19.9 Å². The Morgan fingerprint density at radius 2 is 1.29 bits per heavy atom. The van der Waals surface area contributed by atoms with Gasteiger partial charge in [-0.3, -0.25) is 0 Å². The smallest absolute Gasteiger partial charge is 0.0686 e. The summed E-state index contributed by atoms with van der Waals surface area (Å²) < 4.78 is 0. The predicted octanol–water partition coefficient (Wildman–Crippen LogP) is 4.40. The normalized spacial score (nSPS) is 10.2. The highest BCUT2D eigenvalue weighted by Crippen LogP contribution is 2.28. The van der Waals surface area contributed by atoms with Crippen molar-refractivity contribution in [3.05, 3.63) is 64.4 Å². The maximum absolute atomic E-state index is 11.1. The monoisotopic (exact) mass is 284 g/mol. The predicted molar refractivity (Wildman–Crippen MR) is 84.2 cm³/mol. The van der Waals surface area contributed by atoms with Crippen LogP contribution < -0.4 is 10.0 Å². The van der Waals surface area contributed by atoms with Gasteiger partial charge in [-0.1, -0.05) is 18.2 Å². The number of benzene rings is 2. The van der Waals surface area contributed by atoms with E-state index in [2.05, 4.69) is 10.6 Å². The number of nitroso groups, excluding NO2 is 2. The number of nitrogens with zero attached hydrogens (tertiary/aromatic N) is 4. The fraction of sp³-hybridized carbons (Fsp3) is 0.200. The maximum Gasteiger partial charge on any atom is 0.0686 e. The van der Waals surface area contributed by atoms with E-state index in [-0.39, 0.29) is 6.04 Å². The summed E-state index contributed by atoms with van der Waals surface area (Å²) >= 11 is 0. The second-order valence-electron chi connectivity index (χ2n) is 4.77. The molecule has 0 radical (unpaired) electrons. The van der Waals surface area contributed by atoms with Crippen LogP contribution in [0.4, 0.5) is 17.1 Å². The molecule has 0 aliphatic rings. The van der Waals surface area contributed by atoms with Crippen molar-refractivity contribution in [1.29, 1.82) is 0 Å². The highest BCUT2D eigenvalue weighted by molar-refractivity contribution is 5.64. The third-order valence-corrected chi connectivity index (χ3v) is 3.02. The maximum atomic E-state index is 11.1. The minimum absolute atomic E-state index is 0.0391. The molecule has 108 valence electrons. The molecule has 21 heavy (non-hydrogen) atoms. The Morgan fingerprint density at radius 3 is 1.76 bits per heavy atom. The molecule has 0 heterocycles. The van der Waals surface area contributed by atoms with Gasteiger partial charge in [0.25, 0.3) is 0 Å². The Labute approximate surface area is 122 Å². The average Bonchev–Trinajstić information content (AvgIpc) is 2.51. The standard InChI is InChI=1S/C15H16N4O2/c1-12(2)18(16-20)14-8-10-15(11-9-14)19(17-21)13-6-4-3-5-7-13/h3-12H,1-2H3. The van der Waals surface area contributed by atoms with Crippen LogP contribution in [-0.4, -0.2) is 6.04 Å². The molecule has 0 aromatic heterocycles. The van der Waals surface area contributed by atoms with Crippen molar-refractivity contribution in [3.63, 3.8) is 0 Å². The molecule has 0 atom stereocenters. The van der Waals surface area contributed by atoms with Gasteiger partial charge in [-0.2, -0.15) is 5.01 Å². The van der Waals surface area contributed by atoms with Gasteiger partial charge in [0, 0.05) is 0 Å². The van der Waals surface area contributed by atoms with E-state index in [1.165, 1.54) is 10.0 Å². The van der Waals surface area contributed by atoms with Gasteiger partial charge in [0.15, 0.2) is 0 Å². The SMILES string of the molecule is CC(C)N(N=O)c1ccc(N(N=O)c2ccccc2)cc1. The Bertz CT molecular complexity index is 599. The zero-order valence-corrected chi connectivity index (χ0v) is 11.9. The van der Waals surface area contributed by atoms with Crippen LogP contribution in [0.2, 0.25) is 0 Å². The van der Waals surface area contributed by atoms with Crippen LogP contribution in [0.3, 0.4) is 0 Å². The zero-order chi connectivity index (χ0) is 15.2. The van der Waals surface area contributed by atoms with Crippen molar-refractivity contribution in [2.24, 2.45) is 10.6 Å². The summed E-state index contributed by atoms with van der Waals surface area (Å²) in [5, 5.41) is 8.69. The molecule has 2 aromatic carbocycles. The van der Waals surface area contributed by atoms with Gasteiger partial charge < -0.3 is 0 Å². The summed E-state index contributed by atoms with van der Waals surface area (Å²) in [6.45, 7) is 3.75. The molecule has 2 aromatic rings. The largest absolute Gasteiger partial charge is 0.227 e. The Balaban J connectivity index is 2.29. The molecular formula is C15H16N4O2. The van der Waals surface area contributed by atoms with Crippen LogP contribution in [0.25, 0.3) is 0 Å². The van der Waals surface area contributed by atoms with E-state index in [1.54, 1.807) is 36.4 Å². The highest BCUT2D eigenvalue weighted by Gasteiger charge is 2.13. The Kier molecular flexibility index (Phi) is 4.61. The molecule has 2 rings (SSSR count). The lowest BCUT2D eigenvalue weighted by Crippen LogP contribution is -2.24. The van der Waals surface area contributed by atoms with Crippen molar-refractivity contribution < 1.29 is 0 Å². The molecule has 0 aliphatic heterocycles. The van der Waals surface area contributed by atoms with Crippen molar-refractivity contribution in [1.82, 2.24) is 0 Å². The first-order chi connectivity index (χ1) is 10.2. The molecule has 0 unspecified atom stereocenters. The van der Waals surface area contributed by atoms with E-state index >= 15 is 0 Å². The Morgan fingerprint density at radius 1 is 0.762 bits per heavy atom. The molecule has 6 heteroatoms.